The van der Waals surface area contributed by atoms with E-state index in [2.05, 4.69) is 0 Å². The largest absolute Gasteiger partial charge is 0.481 e. The summed E-state index contributed by atoms with van der Waals surface area (Å²) in [6, 6.07) is 0. The lowest BCUT2D eigenvalue weighted by Crippen LogP contribution is -2.20. The molecule has 14 heavy (non-hydrogen) atoms. The van der Waals surface area contributed by atoms with Crippen molar-refractivity contribution in [3.8, 4) is 0 Å². The monoisotopic (exact) mass is 198 g/mol. The number of carboxylic acids is 1. The van der Waals surface area contributed by atoms with Gasteiger partial charge in [-0.25, -0.2) is 0 Å². The van der Waals surface area contributed by atoms with Gasteiger partial charge in [0.1, 0.15) is 0 Å². The molecule has 0 radical (unpaired) electrons. The zero-order valence-corrected chi connectivity index (χ0v) is 8.61. The zero-order chi connectivity index (χ0) is 10.1. The summed E-state index contributed by atoms with van der Waals surface area (Å²) in [5.41, 5.74) is 0. The SMILES string of the molecule is CC1OC(C2CCCC2)CC1C(=O)O. The molecule has 0 aromatic heterocycles. The Morgan fingerprint density at radius 3 is 2.50 bits per heavy atom. The molecule has 3 unspecified atom stereocenters. The Kier molecular flexibility index (Phi) is 2.77. The lowest BCUT2D eigenvalue weighted by Gasteiger charge is -2.17. The molecule has 0 spiro atoms. The maximum absolute atomic E-state index is 10.9. The summed E-state index contributed by atoms with van der Waals surface area (Å²) in [5, 5.41) is 8.96. The van der Waals surface area contributed by atoms with E-state index in [9.17, 15) is 4.79 Å². The minimum Gasteiger partial charge on any atom is -0.481 e. The molecule has 1 N–H and O–H groups in total. The fraction of sp³-hybridized carbons (Fsp3) is 0.909. The van der Waals surface area contributed by atoms with Gasteiger partial charge in [-0.05, 0) is 32.1 Å². The van der Waals surface area contributed by atoms with Crippen LogP contribution in [0.3, 0.4) is 0 Å². The molecule has 3 nitrogen and oxygen atoms in total. The number of carboxylic acid groups (broad SMARTS) is 1. The Morgan fingerprint density at radius 1 is 1.36 bits per heavy atom. The van der Waals surface area contributed by atoms with Crippen molar-refractivity contribution in [2.24, 2.45) is 11.8 Å². The van der Waals surface area contributed by atoms with Crippen molar-refractivity contribution in [2.75, 3.05) is 0 Å². The van der Waals surface area contributed by atoms with E-state index in [0.29, 0.717) is 5.92 Å². The highest BCUT2D eigenvalue weighted by molar-refractivity contribution is 5.71. The van der Waals surface area contributed by atoms with Crippen LogP contribution in [0.25, 0.3) is 0 Å². The van der Waals surface area contributed by atoms with Gasteiger partial charge in [0.2, 0.25) is 0 Å². The number of hydrogen-bond acceptors (Lipinski definition) is 2. The predicted octanol–water partition coefficient (Wildman–Crippen LogP) is 2.05. The van der Waals surface area contributed by atoms with Gasteiger partial charge in [-0.3, -0.25) is 4.79 Å². The average Bonchev–Trinajstić information content (AvgIpc) is 2.70. The third kappa shape index (κ3) is 1.78. The Bertz CT molecular complexity index is 221. The molecule has 2 fully saturated rings. The quantitative estimate of drug-likeness (QED) is 0.738. The third-order valence-electron chi connectivity index (χ3n) is 3.69. The third-order valence-corrected chi connectivity index (χ3v) is 3.69. The summed E-state index contributed by atoms with van der Waals surface area (Å²) >= 11 is 0. The fourth-order valence-corrected chi connectivity index (χ4v) is 2.80. The van der Waals surface area contributed by atoms with Crippen LogP contribution in [-0.2, 0) is 9.53 Å². The second-order valence-electron chi connectivity index (χ2n) is 4.60. The summed E-state index contributed by atoms with van der Waals surface area (Å²) in [6.07, 6.45) is 5.87. The van der Waals surface area contributed by atoms with Crippen LogP contribution in [0.15, 0.2) is 0 Å². The van der Waals surface area contributed by atoms with E-state index in [1.807, 2.05) is 6.92 Å². The summed E-state index contributed by atoms with van der Waals surface area (Å²) < 4.78 is 5.74. The predicted molar refractivity (Wildman–Crippen MR) is 52.0 cm³/mol. The van der Waals surface area contributed by atoms with Crippen LogP contribution in [0.1, 0.15) is 39.0 Å². The van der Waals surface area contributed by atoms with Gasteiger partial charge in [0, 0.05) is 0 Å². The van der Waals surface area contributed by atoms with Crippen LogP contribution in [0.5, 0.6) is 0 Å². The van der Waals surface area contributed by atoms with Gasteiger partial charge in [-0.15, -0.1) is 0 Å². The van der Waals surface area contributed by atoms with Gasteiger partial charge in [-0.2, -0.15) is 0 Å². The molecule has 1 saturated heterocycles. The van der Waals surface area contributed by atoms with Crippen LogP contribution in [-0.4, -0.2) is 23.3 Å². The standard InChI is InChI=1S/C11H18O3/c1-7-9(11(12)13)6-10(14-7)8-4-2-3-5-8/h7-10H,2-6H2,1H3,(H,12,13). The van der Waals surface area contributed by atoms with Crippen LogP contribution in [0.2, 0.25) is 0 Å². The minimum absolute atomic E-state index is 0.0990. The van der Waals surface area contributed by atoms with Gasteiger partial charge < -0.3 is 9.84 Å². The zero-order valence-electron chi connectivity index (χ0n) is 8.61. The average molecular weight is 198 g/mol. The van der Waals surface area contributed by atoms with Crippen molar-refractivity contribution in [1.29, 1.82) is 0 Å². The smallest absolute Gasteiger partial charge is 0.309 e. The van der Waals surface area contributed by atoms with Crippen molar-refractivity contribution < 1.29 is 14.6 Å². The van der Waals surface area contributed by atoms with Gasteiger partial charge in [-0.1, -0.05) is 12.8 Å². The summed E-state index contributed by atoms with van der Waals surface area (Å²) in [6.45, 7) is 1.88. The van der Waals surface area contributed by atoms with E-state index in [1.54, 1.807) is 0 Å². The Hall–Kier alpha value is -0.570. The van der Waals surface area contributed by atoms with Gasteiger partial charge >= 0.3 is 5.97 Å². The number of aliphatic carboxylic acids is 1. The second kappa shape index (κ2) is 3.89. The number of ether oxygens (including phenoxy) is 1. The molecule has 1 aliphatic heterocycles. The fourth-order valence-electron chi connectivity index (χ4n) is 2.80. The van der Waals surface area contributed by atoms with E-state index in [4.69, 9.17) is 9.84 Å². The topological polar surface area (TPSA) is 46.5 Å². The molecule has 3 heteroatoms. The molecular weight excluding hydrogens is 180 g/mol. The molecule has 2 rings (SSSR count). The molecule has 1 saturated carbocycles. The van der Waals surface area contributed by atoms with Gasteiger partial charge in [0.25, 0.3) is 0 Å². The molecule has 1 aliphatic carbocycles. The molecule has 80 valence electrons. The molecule has 0 amide bonds. The first-order valence-corrected chi connectivity index (χ1v) is 5.56. The summed E-state index contributed by atoms with van der Waals surface area (Å²) in [5.74, 6) is -0.347. The summed E-state index contributed by atoms with van der Waals surface area (Å²) in [7, 11) is 0. The molecule has 1 heterocycles. The van der Waals surface area contributed by atoms with E-state index >= 15 is 0 Å². The van der Waals surface area contributed by atoms with Crippen LogP contribution in [0.4, 0.5) is 0 Å². The van der Waals surface area contributed by atoms with Crippen molar-refractivity contribution in [3.05, 3.63) is 0 Å². The first kappa shape index (κ1) is 9.97. The highest BCUT2D eigenvalue weighted by Gasteiger charge is 2.40. The minimum atomic E-state index is -0.696. The van der Waals surface area contributed by atoms with Crippen molar-refractivity contribution in [2.45, 2.75) is 51.2 Å². The van der Waals surface area contributed by atoms with Crippen molar-refractivity contribution in [1.82, 2.24) is 0 Å². The number of carbonyl (C=O) groups is 1. The molecule has 0 aromatic rings. The van der Waals surface area contributed by atoms with Gasteiger partial charge in [0.05, 0.1) is 18.1 Å². The van der Waals surface area contributed by atoms with E-state index < -0.39 is 5.97 Å². The lowest BCUT2D eigenvalue weighted by molar-refractivity contribution is -0.143. The second-order valence-corrected chi connectivity index (χ2v) is 4.60. The first-order chi connectivity index (χ1) is 6.68. The lowest BCUT2D eigenvalue weighted by atomic mass is 9.93. The number of rotatable bonds is 2. The number of hydrogen-bond donors (Lipinski definition) is 1. The molecule has 3 atom stereocenters. The van der Waals surface area contributed by atoms with Crippen molar-refractivity contribution in [3.63, 3.8) is 0 Å². The maximum Gasteiger partial charge on any atom is 0.309 e. The first-order valence-electron chi connectivity index (χ1n) is 5.56. The normalized spacial score (nSPS) is 39.1. The molecule has 0 aromatic carbocycles. The molecular formula is C11H18O3. The summed E-state index contributed by atoms with van der Waals surface area (Å²) in [4.78, 5) is 10.9. The Morgan fingerprint density at radius 2 is 2.00 bits per heavy atom. The van der Waals surface area contributed by atoms with Crippen LogP contribution < -0.4 is 0 Å². The molecule has 0 bridgehead atoms. The van der Waals surface area contributed by atoms with Gasteiger partial charge in [0.15, 0.2) is 0 Å². The highest BCUT2D eigenvalue weighted by atomic mass is 16.5. The highest BCUT2D eigenvalue weighted by Crippen LogP contribution is 2.38. The Labute approximate surface area is 84.4 Å². The Balaban J connectivity index is 1.94. The van der Waals surface area contributed by atoms with Crippen LogP contribution >= 0.6 is 0 Å². The van der Waals surface area contributed by atoms with E-state index in [-0.39, 0.29) is 18.1 Å². The van der Waals surface area contributed by atoms with Crippen molar-refractivity contribution >= 4 is 5.97 Å². The van der Waals surface area contributed by atoms with Crippen LogP contribution in [0, 0.1) is 11.8 Å². The maximum atomic E-state index is 10.9. The van der Waals surface area contributed by atoms with E-state index in [1.165, 1.54) is 25.7 Å². The van der Waals surface area contributed by atoms with E-state index in [0.717, 1.165) is 6.42 Å². The molecule has 2 aliphatic rings.